The minimum atomic E-state index is -2.10. The zero-order valence-corrected chi connectivity index (χ0v) is 12.3. The normalized spacial score (nSPS) is 13.2. The van der Waals surface area contributed by atoms with Gasteiger partial charge in [-0.05, 0) is 18.1 Å². The monoisotopic (exact) mass is 259 g/mol. The smallest absolute Gasteiger partial charge is 0.361 e. The Morgan fingerprint density at radius 3 is 2.12 bits per heavy atom. The van der Waals surface area contributed by atoms with Gasteiger partial charge in [-0.1, -0.05) is 32.5 Å². The Labute approximate surface area is 103 Å². The molecule has 0 aromatic rings. The maximum atomic E-state index is 10.9. The van der Waals surface area contributed by atoms with Gasteiger partial charge in [0.05, 0.1) is 0 Å². The van der Waals surface area contributed by atoms with E-state index in [0.717, 1.165) is 0 Å². The highest BCUT2D eigenvalue weighted by Gasteiger charge is 2.40. The summed E-state index contributed by atoms with van der Waals surface area (Å²) in [5, 5.41) is 12.3. The van der Waals surface area contributed by atoms with Gasteiger partial charge >= 0.3 is 5.97 Å². The third kappa shape index (κ3) is 4.22. The third-order valence-electron chi connectivity index (χ3n) is 2.83. The maximum Gasteiger partial charge on any atom is 0.361 e. The van der Waals surface area contributed by atoms with Crippen molar-refractivity contribution in [1.82, 2.24) is 0 Å². The van der Waals surface area contributed by atoms with Crippen molar-refractivity contribution in [3.63, 3.8) is 0 Å². The Hall–Kier alpha value is -1.30. The predicted molar refractivity (Wildman–Crippen MR) is 69.5 cm³/mol. The summed E-state index contributed by atoms with van der Waals surface area (Å²) in [5.74, 6) is -1.17. The Kier molecular flexibility index (Phi) is 4.94. The van der Waals surface area contributed by atoms with Crippen LogP contribution in [0.5, 0.6) is 0 Å². The van der Waals surface area contributed by atoms with Crippen LogP contribution in [0.4, 0.5) is 0 Å². The van der Waals surface area contributed by atoms with Crippen LogP contribution < -0.4 is 0 Å². The molecule has 0 aliphatic heterocycles. The zero-order chi connectivity index (χ0) is 13.9. The van der Waals surface area contributed by atoms with Crippen molar-refractivity contribution in [3.05, 3.63) is 12.3 Å². The van der Waals surface area contributed by atoms with Crippen molar-refractivity contribution < 1.29 is 19.2 Å². The second kappa shape index (κ2) is 5.35. The van der Waals surface area contributed by atoms with Crippen LogP contribution in [0.3, 0.4) is 0 Å². The van der Waals surface area contributed by atoms with Crippen LogP contribution in [-0.4, -0.2) is 32.2 Å². The molecule has 0 aliphatic carbocycles. The lowest BCUT2D eigenvalue weighted by Crippen LogP contribution is -2.41. The van der Waals surface area contributed by atoms with Crippen LogP contribution in [0.15, 0.2) is 17.5 Å². The average Bonchev–Trinajstić information content (AvgIpc) is 2.10. The Morgan fingerprint density at radius 2 is 1.82 bits per heavy atom. The molecule has 0 bridgehead atoms. The highest BCUT2D eigenvalue weighted by atomic mass is 28.4. The second-order valence-electron chi connectivity index (χ2n) is 5.21. The van der Waals surface area contributed by atoms with E-state index in [-0.39, 0.29) is 16.5 Å². The average molecular weight is 259 g/mol. The number of carboxylic acid groups (broad SMARTS) is 1. The summed E-state index contributed by atoms with van der Waals surface area (Å²) in [4.78, 5) is 15.4. The van der Waals surface area contributed by atoms with Crippen molar-refractivity contribution in [3.8, 4) is 0 Å². The zero-order valence-electron chi connectivity index (χ0n) is 11.3. The first-order valence-corrected chi connectivity index (χ1v) is 8.16. The molecule has 0 aromatic heterocycles. The predicted octanol–water partition coefficient (Wildman–Crippen LogP) is 2.61. The second-order valence-corrected chi connectivity index (χ2v) is 9.94. The maximum absolute atomic E-state index is 10.9. The van der Waals surface area contributed by atoms with E-state index in [1.54, 1.807) is 0 Å². The lowest BCUT2D eigenvalue weighted by Gasteiger charge is -2.36. The Bertz CT molecular complexity index is 342. The Balaban J connectivity index is 4.98. The van der Waals surface area contributed by atoms with E-state index < -0.39 is 14.3 Å². The molecule has 0 amide bonds. The standard InChI is InChI=1S/C11H21NO4Si/c1-8(9(10(13)14)12-15-5)16-17(6,7)11(2,3)4/h1H2,2-7H3,(H,13,14). The van der Waals surface area contributed by atoms with Crippen LogP contribution in [0.2, 0.25) is 18.1 Å². The first-order valence-electron chi connectivity index (χ1n) is 5.25. The van der Waals surface area contributed by atoms with E-state index in [9.17, 15) is 4.79 Å². The molecule has 0 rings (SSSR count). The van der Waals surface area contributed by atoms with Gasteiger partial charge in [0.1, 0.15) is 12.9 Å². The van der Waals surface area contributed by atoms with Gasteiger partial charge in [0, 0.05) is 0 Å². The van der Waals surface area contributed by atoms with Gasteiger partial charge in [-0.25, -0.2) is 4.79 Å². The van der Waals surface area contributed by atoms with Gasteiger partial charge in [0.15, 0.2) is 0 Å². The summed E-state index contributed by atoms with van der Waals surface area (Å²) in [6, 6.07) is 0. The number of nitrogens with zero attached hydrogens (tertiary/aromatic N) is 1. The molecule has 6 heteroatoms. The molecule has 0 aromatic carbocycles. The van der Waals surface area contributed by atoms with Crippen LogP contribution >= 0.6 is 0 Å². The van der Waals surface area contributed by atoms with Crippen LogP contribution in [0.25, 0.3) is 0 Å². The van der Waals surface area contributed by atoms with Crippen molar-refractivity contribution in [1.29, 1.82) is 0 Å². The number of aliphatic carboxylic acids is 1. The van der Waals surface area contributed by atoms with E-state index in [2.05, 4.69) is 37.3 Å². The first-order chi connectivity index (χ1) is 7.53. The number of hydrogen-bond acceptors (Lipinski definition) is 4. The van der Waals surface area contributed by atoms with E-state index >= 15 is 0 Å². The number of carbonyl (C=O) groups is 1. The van der Waals surface area contributed by atoms with Crippen molar-refractivity contribution in [2.75, 3.05) is 7.11 Å². The molecule has 0 atom stereocenters. The van der Waals surface area contributed by atoms with Crippen molar-refractivity contribution in [2.45, 2.75) is 38.9 Å². The lowest BCUT2D eigenvalue weighted by molar-refractivity contribution is -0.129. The fraction of sp³-hybridized carbons (Fsp3) is 0.636. The molecule has 0 spiro atoms. The summed E-state index contributed by atoms with van der Waals surface area (Å²) in [6.45, 7) is 13.8. The molecule has 0 fully saturated rings. The molecule has 98 valence electrons. The molecule has 0 saturated heterocycles. The van der Waals surface area contributed by atoms with Crippen LogP contribution in [0.1, 0.15) is 20.8 Å². The molecule has 0 aliphatic rings. The molecule has 0 saturated carbocycles. The van der Waals surface area contributed by atoms with Crippen molar-refractivity contribution >= 4 is 20.0 Å². The lowest BCUT2D eigenvalue weighted by atomic mass is 10.2. The number of oxime groups is 1. The number of carboxylic acids is 1. The fourth-order valence-electron chi connectivity index (χ4n) is 0.810. The molecule has 0 unspecified atom stereocenters. The molecule has 17 heavy (non-hydrogen) atoms. The van der Waals surface area contributed by atoms with E-state index in [4.69, 9.17) is 9.53 Å². The molecule has 5 nitrogen and oxygen atoms in total. The molecular weight excluding hydrogens is 238 g/mol. The summed E-state index contributed by atoms with van der Waals surface area (Å²) in [7, 11) is -0.825. The van der Waals surface area contributed by atoms with Gasteiger partial charge in [-0.15, -0.1) is 0 Å². The summed E-state index contributed by atoms with van der Waals surface area (Å²) < 4.78 is 5.73. The quantitative estimate of drug-likeness (QED) is 0.356. The third-order valence-corrected chi connectivity index (χ3v) is 7.20. The molecule has 0 radical (unpaired) electrons. The van der Waals surface area contributed by atoms with Crippen molar-refractivity contribution in [2.24, 2.45) is 5.16 Å². The van der Waals surface area contributed by atoms with Gasteiger partial charge in [0.2, 0.25) is 5.71 Å². The number of hydrogen-bond donors (Lipinski definition) is 1. The van der Waals surface area contributed by atoms with E-state index in [1.807, 2.05) is 13.1 Å². The highest BCUT2D eigenvalue weighted by molar-refractivity contribution is 6.74. The molecule has 1 N–H and O–H groups in total. The van der Waals surface area contributed by atoms with Crippen LogP contribution in [-0.2, 0) is 14.1 Å². The molecule has 0 heterocycles. The largest absolute Gasteiger partial charge is 0.542 e. The van der Waals surface area contributed by atoms with E-state index in [1.165, 1.54) is 7.11 Å². The molecular formula is C11H21NO4Si. The van der Waals surface area contributed by atoms with Gasteiger partial charge < -0.3 is 14.4 Å². The highest BCUT2D eigenvalue weighted by Crippen LogP contribution is 2.37. The van der Waals surface area contributed by atoms with Crippen LogP contribution in [0, 0.1) is 0 Å². The summed E-state index contributed by atoms with van der Waals surface area (Å²) >= 11 is 0. The van der Waals surface area contributed by atoms with Gasteiger partial charge in [-0.3, -0.25) is 0 Å². The minimum absolute atomic E-state index is 0.0351. The topological polar surface area (TPSA) is 68.1 Å². The minimum Gasteiger partial charge on any atom is -0.542 e. The van der Waals surface area contributed by atoms with Gasteiger partial charge in [0.25, 0.3) is 8.32 Å². The Morgan fingerprint density at radius 1 is 1.35 bits per heavy atom. The summed E-state index contributed by atoms with van der Waals surface area (Å²) in [6.07, 6.45) is 0. The SMILES string of the molecule is C=C(O[Si](C)(C)C(C)(C)C)C(=NOC)C(=O)O. The van der Waals surface area contributed by atoms with E-state index in [0.29, 0.717) is 0 Å². The number of rotatable bonds is 5. The first kappa shape index (κ1) is 15.7. The van der Waals surface area contributed by atoms with Gasteiger partial charge in [-0.2, -0.15) is 0 Å². The summed E-state index contributed by atoms with van der Waals surface area (Å²) in [5.41, 5.74) is -0.294. The fourth-order valence-corrected chi connectivity index (χ4v) is 1.83.